The number of nitrogens with zero attached hydrogens (tertiary/aromatic N) is 2. The quantitative estimate of drug-likeness (QED) is 0.560. The van der Waals surface area contributed by atoms with Gasteiger partial charge in [0.25, 0.3) is 0 Å². The Balaban J connectivity index is 3.85. The molecular weight excluding hydrogens is 312 g/mol. The van der Waals surface area contributed by atoms with Gasteiger partial charge in [-0.05, 0) is 12.8 Å². The van der Waals surface area contributed by atoms with Crippen LogP contribution in [-0.2, 0) is 19.7 Å². The third-order valence-electron chi connectivity index (χ3n) is 3.25. The second-order valence-corrected chi connectivity index (χ2v) is 9.70. The summed E-state index contributed by atoms with van der Waals surface area (Å²) in [5.74, 6) is 0. The number of sulfone groups is 2. The van der Waals surface area contributed by atoms with Crippen molar-refractivity contribution in [3.8, 4) is 12.1 Å². The van der Waals surface area contributed by atoms with Crippen molar-refractivity contribution >= 4 is 19.7 Å². The predicted molar refractivity (Wildman–Crippen MR) is 80.8 cm³/mol. The molecule has 0 aliphatic carbocycles. The minimum absolute atomic E-state index is 0.333. The molecule has 120 valence electrons. The smallest absolute Gasteiger partial charge is 0.163 e. The maximum atomic E-state index is 11.2. The van der Waals surface area contributed by atoms with Crippen molar-refractivity contribution in [2.45, 2.75) is 55.4 Å². The molecule has 0 bridgehead atoms. The fourth-order valence-corrected chi connectivity index (χ4v) is 3.51. The first-order valence-corrected chi connectivity index (χ1v) is 10.7. The van der Waals surface area contributed by atoms with Gasteiger partial charge in [0.15, 0.2) is 19.7 Å². The average Bonchev–Trinajstić information content (AvgIpc) is 2.34. The zero-order valence-electron chi connectivity index (χ0n) is 12.4. The van der Waals surface area contributed by atoms with E-state index in [4.69, 9.17) is 10.5 Å². The number of nitriles is 2. The van der Waals surface area contributed by atoms with Gasteiger partial charge in [0, 0.05) is 12.5 Å². The fraction of sp³-hybridized carbons (Fsp3) is 0.846. The van der Waals surface area contributed by atoms with Gasteiger partial charge in [-0.1, -0.05) is 32.1 Å². The van der Waals surface area contributed by atoms with Gasteiger partial charge >= 0.3 is 0 Å². The van der Waals surface area contributed by atoms with Crippen LogP contribution in [0.1, 0.15) is 44.9 Å². The number of hydrogen-bond acceptors (Lipinski definition) is 6. The summed E-state index contributed by atoms with van der Waals surface area (Å²) in [5, 5.41) is 15.6. The molecule has 2 unspecified atom stereocenters. The van der Waals surface area contributed by atoms with Crippen LogP contribution in [0.2, 0.25) is 0 Å². The van der Waals surface area contributed by atoms with Crippen LogP contribution in [-0.4, -0.2) is 39.8 Å². The van der Waals surface area contributed by atoms with E-state index in [2.05, 4.69) is 0 Å². The molecule has 6 nitrogen and oxygen atoms in total. The van der Waals surface area contributed by atoms with Gasteiger partial charge in [-0.15, -0.1) is 0 Å². The van der Waals surface area contributed by atoms with E-state index >= 15 is 0 Å². The highest BCUT2D eigenvalue weighted by Gasteiger charge is 2.20. The molecule has 2 atom stereocenters. The standard InChI is InChI=1S/C13H22N2O4S2/c1-20(16,17)12(10-14)8-6-4-3-5-7-9-13(11-15)21(2,18)19/h12-13H,3-9H2,1-2H3. The highest BCUT2D eigenvalue weighted by atomic mass is 32.2. The summed E-state index contributed by atoms with van der Waals surface area (Å²) in [5.41, 5.74) is 0. The Morgan fingerprint density at radius 3 is 1.24 bits per heavy atom. The first kappa shape index (κ1) is 19.9. The van der Waals surface area contributed by atoms with Gasteiger partial charge in [-0.25, -0.2) is 16.8 Å². The van der Waals surface area contributed by atoms with Crippen molar-refractivity contribution in [3.05, 3.63) is 0 Å². The highest BCUT2D eigenvalue weighted by molar-refractivity contribution is 7.91. The molecule has 0 spiro atoms. The molecule has 21 heavy (non-hydrogen) atoms. The molecule has 0 aliphatic rings. The van der Waals surface area contributed by atoms with Gasteiger partial charge in [0.1, 0.15) is 10.5 Å². The van der Waals surface area contributed by atoms with Gasteiger partial charge in [-0.2, -0.15) is 10.5 Å². The SMILES string of the molecule is CS(=O)(=O)C(C#N)CCCCCCCC(C#N)S(C)(=O)=O. The van der Waals surface area contributed by atoms with Crippen LogP contribution in [0.5, 0.6) is 0 Å². The van der Waals surface area contributed by atoms with Crippen molar-refractivity contribution < 1.29 is 16.8 Å². The lowest BCUT2D eigenvalue weighted by molar-refractivity contribution is 0.560. The average molecular weight is 334 g/mol. The van der Waals surface area contributed by atoms with Crippen molar-refractivity contribution in [3.63, 3.8) is 0 Å². The highest BCUT2D eigenvalue weighted by Crippen LogP contribution is 2.14. The molecule has 0 fully saturated rings. The summed E-state index contributed by atoms with van der Waals surface area (Å²) in [6.45, 7) is 0. The third kappa shape index (κ3) is 8.69. The summed E-state index contributed by atoms with van der Waals surface area (Å²) in [6.07, 6.45) is 6.52. The molecular formula is C13H22N2O4S2. The summed E-state index contributed by atoms with van der Waals surface area (Å²) >= 11 is 0. The van der Waals surface area contributed by atoms with Crippen molar-refractivity contribution in [2.24, 2.45) is 0 Å². The molecule has 0 N–H and O–H groups in total. The summed E-state index contributed by atoms with van der Waals surface area (Å²) < 4.78 is 44.9. The van der Waals surface area contributed by atoms with Crippen molar-refractivity contribution in [1.29, 1.82) is 10.5 Å². The lowest BCUT2D eigenvalue weighted by atomic mass is 10.1. The molecule has 0 amide bonds. The van der Waals surface area contributed by atoms with Gasteiger partial charge in [0.05, 0.1) is 12.1 Å². The molecule has 0 saturated heterocycles. The van der Waals surface area contributed by atoms with Crippen LogP contribution in [0.15, 0.2) is 0 Å². The Morgan fingerprint density at radius 2 is 1.00 bits per heavy atom. The van der Waals surface area contributed by atoms with Gasteiger partial charge < -0.3 is 0 Å². The Morgan fingerprint density at radius 1 is 0.714 bits per heavy atom. The molecule has 0 aromatic carbocycles. The fourth-order valence-electron chi connectivity index (χ4n) is 1.94. The normalized spacial score (nSPS) is 14.9. The van der Waals surface area contributed by atoms with Gasteiger partial charge in [-0.3, -0.25) is 0 Å². The number of hydrogen-bond donors (Lipinski definition) is 0. The van der Waals surface area contributed by atoms with Crippen LogP contribution in [0, 0.1) is 22.7 Å². The van der Waals surface area contributed by atoms with Crippen molar-refractivity contribution in [1.82, 2.24) is 0 Å². The monoisotopic (exact) mass is 334 g/mol. The van der Waals surface area contributed by atoms with Crippen LogP contribution in [0.25, 0.3) is 0 Å². The summed E-state index contributed by atoms with van der Waals surface area (Å²) in [6, 6.07) is 3.59. The Bertz CT molecular complexity index is 543. The minimum Gasteiger partial charge on any atom is -0.228 e. The molecule has 8 heteroatoms. The maximum absolute atomic E-state index is 11.2. The van der Waals surface area contributed by atoms with E-state index in [0.717, 1.165) is 31.8 Å². The van der Waals surface area contributed by atoms with E-state index < -0.39 is 30.2 Å². The Labute approximate surface area is 127 Å². The summed E-state index contributed by atoms with van der Waals surface area (Å²) in [4.78, 5) is 0. The molecule has 0 heterocycles. The molecule has 0 aliphatic heterocycles. The predicted octanol–water partition coefficient (Wildman–Crippen LogP) is 1.59. The Hall–Kier alpha value is -1.12. The molecule has 0 aromatic rings. The molecule has 0 aromatic heterocycles. The molecule has 0 radical (unpaired) electrons. The first-order chi connectivity index (χ1) is 9.62. The zero-order chi connectivity index (χ0) is 16.5. The minimum atomic E-state index is -3.31. The van der Waals surface area contributed by atoms with Crippen LogP contribution in [0.3, 0.4) is 0 Å². The van der Waals surface area contributed by atoms with E-state index in [-0.39, 0.29) is 0 Å². The maximum Gasteiger partial charge on any atom is 0.163 e. The number of unbranched alkanes of at least 4 members (excludes halogenated alkanes) is 4. The zero-order valence-corrected chi connectivity index (χ0v) is 14.1. The second-order valence-electron chi connectivity index (χ2n) is 5.24. The second kappa shape index (κ2) is 9.01. The van der Waals surface area contributed by atoms with E-state index in [0.29, 0.717) is 25.7 Å². The third-order valence-corrected chi connectivity index (χ3v) is 6.00. The molecule has 0 saturated carbocycles. The van der Waals surface area contributed by atoms with E-state index in [1.54, 1.807) is 12.1 Å². The topological polar surface area (TPSA) is 116 Å². The van der Waals surface area contributed by atoms with E-state index in [1.807, 2.05) is 0 Å². The van der Waals surface area contributed by atoms with Crippen LogP contribution in [0.4, 0.5) is 0 Å². The Kier molecular flexibility index (Phi) is 8.53. The van der Waals surface area contributed by atoms with Crippen molar-refractivity contribution in [2.75, 3.05) is 12.5 Å². The van der Waals surface area contributed by atoms with Gasteiger partial charge in [0.2, 0.25) is 0 Å². The first-order valence-electron chi connectivity index (χ1n) is 6.80. The molecule has 0 rings (SSSR count). The number of rotatable bonds is 10. The summed E-state index contributed by atoms with van der Waals surface area (Å²) in [7, 11) is -6.61. The largest absolute Gasteiger partial charge is 0.228 e. The lowest BCUT2D eigenvalue weighted by Crippen LogP contribution is -2.17. The van der Waals surface area contributed by atoms with E-state index in [1.165, 1.54) is 0 Å². The lowest BCUT2D eigenvalue weighted by Gasteiger charge is -2.07. The van der Waals surface area contributed by atoms with Crippen LogP contribution >= 0.6 is 0 Å². The van der Waals surface area contributed by atoms with Crippen LogP contribution < -0.4 is 0 Å². The van der Waals surface area contributed by atoms with E-state index in [9.17, 15) is 16.8 Å².